The number of carbonyl (C=O) groups is 2. The van der Waals surface area contributed by atoms with Crippen LogP contribution in [0.2, 0.25) is 0 Å². The molecule has 120 valence electrons. The molecule has 0 saturated heterocycles. The third-order valence-corrected chi connectivity index (χ3v) is 2.98. The Balaban J connectivity index is 2.01. The van der Waals surface area contributed by atoms with Gasteiger partial charge in [-0.3, -0.25) is 0 Å². The van der Waals surface area contributed by atoms with E-state index in [-0.39, 0.29) is 17.8 Å². The van der Waals surface area contributed by atoms with Crippen LogP contribution in [0.3, 0.4) is 0 Å². The minimum absolute atomic E-state index is 0.0713. The van der Waals surface area contributed by atoms with E-state index in [4.69, 9.17) is 0 Å². The van der Waals surface area contributed by atoms with Gasteiger partial charge in [-0.2, -0.15) is 0 Å². The van der Waals surface area contributed by atoms with E-state index in [0.717, 1.165) is 6.07 Å². The maximum atomic E-state index is 13.7. The van der Waals surface area contributed by atoms with Crippen LogP contribution in [0.15, 0.2) is 42.5 Å². The predicted octanol–water partition coefficient (Wildman–Crippen LogP) is 3.07. The van der Waals surface area contributed by atoms with Crippen molar-refractivity contribution in [1.29, 1.82) is 0 Å². The maximum Gasteiger partial charge on any atom is 0.337 e. The highest BCUT2D eigenvalue weighted by Crippen LogP contribution is 2.16. The molecule has 23 heavy (non-hydrogen) atoms. The molecule has 0 heterocycles. The van der Waals surface area contributed by atoms with Gasteiger partial charge in [0.2, 0.25) is 0 Å². The Bertz CT molecular complexity index is 735. The minimum Gasteiger partial charge on any atom is -0.465 e. The topological polar surface area (TPSA) is 67.4 Å². The second-order valence-corrected chi connectivity index (χ2v) is 4.62. The lowest BCUT2D eigenvalue weighted by Crippen LogP contribution is -2.28. The molecule has 0 fully saturated rings. The first-order valence-electron chi connectivity index (χ1n) is 6.67. The second kappa shape index (κ2) is 7.35. The molecule has 0 radical (unpaired) electrons. The summed E-state index contributed by atoms with van der Waals surface area (Å²) < 4.78 is 31.2. The van der Waals surface area contributed by atoms with Crippen LogP contribution in [-0.4, -0.2) is 19.1 Å². The Kier molecular flexibility index (Phi) is 5.24. The van der Waals surface area contributed by atoms with E-state index in [0.29, 0.717) is 5.56 Å². The Morgan fingerprint density at radius 2 is 1.91 bits per heavy atom. The number of hydrogen-bond acceptors (Lipinski definition) is 3. The van der Waals surface area contributed by atoms with Crippen LogP contribution < -0.4 is 10.6 Å². The van der Waals surface area contributed by atoms with Crippen molar-refractivity contribution >= 4 is 17.7 Å². The van der Waals surface area contributed by atoms with E-state index >= 15 is 0 Å². The van der Waals surface area contributed by atoms with Crippen molar-refractivity contribution in [3.8, 4) is 0 Å². The molecule has 0 atom stereocenters. The molecule has 0 aromatic heterocycles. The maximum absolute atomic E-state index is 13.7. The molecule has 0 aliphatic carbocycles. The molecule has 0 aliphatic heterocycles. The van der Waals surface area contributed by atoms with Gasteiger partial charge < -0.3 is 15.4 Å². The van der Waals surface area contributed by atoms with Crippen LogP contribution in [0.4, 0.5) is 19.3 Å². The number of methoxy groups -OCH3 is 1. The highest BCUT2D eigenvalue weighted by Gasteiger charge is 2.12. The summed E-state index contributed by atoms with van der Waals surface area (Å²) in [5, 5.41) is 4.75. The van der Waals surface area contributed by atoms with Gasteiger partial charge in [0.1, 0.15) is 11.6 Å². The molecule has 0 aliphatic rings. The largest absolute Gasteiger partial charge is 0.465 e. The molecule has 0 unspecified atom stereocenters. The summed E-state index contributed by atoms with van der Waals surface area (Å²) in [7, 11) is 1.20. The van der Waals surface area contributed by atoms with E-state index in [2.05, 4.69) is 15.4 Å². The van der Waals surface area contributed by atoms with Gasteiger partial charge >= 0.3 is 12.0 Å². The standard InChI is InChI=1S/C16H14F2N2O3/c1-23-15(21)11-5-6-13(18)14(8-11)20-16(22)19-9-10-3-2-4-12(17)7-10/h2-8H,9H2,1H3,(H2,19,20,22). The third kappa shape index (κ3) is 4.50. The zero-order valence-electron chi connectivity index (χ0n) is 12.2. The fourth-order valence-electron chi connectivity index (χ4n) is 1.86. The van der Waals surface area contributed by atoms with E-state index in [1.165, 1.54) is 37.4 Å². The van der Waals surface area contributed by atoms with Gasteiger partial charge in [-0.25, -0.2) is 18.4 Å². The molecule has 2 N–H and O–H groups in total. The highest BCUT2D eigenvalue weighted by atomic mass is 19.1. The number of rotatable bonds is 4. The zero-order valence-corrected chi connectivity index (χ0v) is 12.2. The molecule has 5 nitrogen and oxygen atoms in total. The fraction of sp³-hybridized carbons (Fsp3) is 0.125. The van der Waals surface area contributed by atoms with E-state index in [1.807, 2.05) is 0 Å². The first-order chi connectivity index (χ1) is 11.0. The number of halogens is 2. The summed E-state index contributed by atoms with van der Waals surface area (Å²) in [4.78, 5) is 23.2. The lowest BCUT2D eigenvalue weighted by Gasteiger charge is -2.10. The van der Waals surface area contributed by atoms with Crippen LogP contribution in [0.5, 0.6) is 0 Å². The van der Waals surface area contributed by atoms with E-state index < -0.39 is 23.6 Å². The van der Waals surface area contributed by atoms with Gasteiger partial charge in [0.25, 0.3) is 0 Å². The summed E-state index contributed by atoms with van der Waals surface area (Å²) in [5.74, 6) is -1.76. The first kappa shape index (κ1) is 16.4. The summed E-state index contributed by atoms with van der Waals surface area (Å²) in [6.45, 7) is 0.0713. The molecule has 2 aromatic rings. The molecular formula is C16H14F2N2O3. The van der Waals surface area contributed by atoms with Gasteiger partial charge in [0, 0.05) is 6.54 Å². The van der Waals surface area contributed by atoms with Crippen LogP contribution in [-0.2, 0) is 11.3 Å². The van der Waals surface area contributed by atoms with Gasteiger partial charge in [-0.05, 0) is 35.9 Å². The third-order valence-electron chi connectivity index (χ3n) is 2.98. The van der Waals surface area contributed by atoms with Crippen LogP contribution in [0.25, 0.3) is 0 Å². The summed E-state index contributed by atoms with van der Waals surface area (Å²) >= 11 is 0. The number of benzene rings is 2. The second-order valence-electron chi connectivity index (χ2n) is 4.62. The van der Waals surface area contributed by atoms with Gasteiger partial charge in [-0.1, -0.05) is 12.1 Å². The van der Waals surface area contributed by atoms with Crippen molar-refractivity contribution in [3.63, 3.8) is 0 Å². The highest BCUT2D eigenvalue weighted by molar-refractivity contribution is 5.94. The molecule has 0 bridgehead atoms. The summed E-state index contributed by atoms with van der Waals surface area (Å²) in [6, 6.07) is 8.51. The Hall–Kier alpha value is -2.96. The number of carbonyl (C=O) groups excluding carboxylic acids is 2. The number of urea groups is 1. The average molecular weight is 320 g/mol. The smallest absolute Gasteiger partial charge is 0.337 e. The first-order valence-corrected chi connectivity index (χ1v) is 6.67. The SMILES string of the molecule is COC(=O)c1ccc(F)c(NC(=O)NCc2cccc(F)c2)c1. The van der Waals surface area contributed by atoms with Crippen LogP contribution in [0.1, 0.15) is 15.9 Å². The Labute approximate surface area is 131 Å². The normalized spacial score (nSPS) is 10.0. The van der Waals surface area contributed by atoms with Crippen molar-refractivity contribution in [3.05, 3.63) is 65.2 Å². The predicted molar refractivity (Wildman–Crippen MR) is 80.0 cm³/mol. The van der Waals surface area contributed by atoms with Gasteiger partial charge in [0.15, 0.2) is 0 Å². The molecule has 7 heteroatoms. The van der Waals surface area contributed by atoms with Crippen molar-refractivity contribution in [2.45, 2.75) is 6.54 Å². The van der Waals surface area contributed by atoms with E-state index in [9.17, 15) is 18.4 Å². The molecule has 2 rings (SSSR count). The lowest BCUT2D eigenvalue weighted by atomic mass is 10.2. The van der Waals surface area contributed by atoms with Crippen LogP contribution >= 0.6 is 0 Å². The molecule has 0 spiro atoms. The summed E-state index contributed by atoms with van der Waals surface area (Å²) in [6.07, 6.45) is 0. The molecular weight excluding hydrogens is 306 g/mol. The number of esters is 1. The van der Waals surface area contributed by atoms with Crippen LogP contribution in [0, 0.1) is 11.6 Å². The molecule has 0 saturated carbocycles. The molecule has 2 aromatic carbocycles. The van der Waals surface area contributed by atoms with Gasteiger partial charge in [-0.15, -0.1) is 0 Å². The van der Waals surface area contributed by atoms with Crippen molar-refractivity contribution in [2.24, 2.45) is 0 Å². The number of amides is 2. The van der Waals surface area contributed by atoms with Crippen molar-refractivity contribution < 1.29 is 23.1 Å². The van der Waals surface area contributed by atoms with Crippen molar-refractivity contribution in [1.82, 2.24) is 5.32 Å². The van der Waals surface area contributed by atoms with E-state index in [1.54, 1.807) is 6.07 Å². The monoisotopic (exact) mass is 320 g/mol. The Morgan fingerprint density at radius 3 is 2.61 bits per heavy atom. The number of nitrogens with one attached hydrogen (secondary N) is 2. The van der Waals surface area contributed by atoms with Gasteiger partial charge in [0.05, 0.1) is 18.4 Å². The van der Waals surface area contributed by atoms with Crippen molar-refractivity contribution in [2.75, 3.05) is 12.4 Å². The zero-order chi connectivity index (χ0) is 16.8. The fourth-order valence-corrected chi connectivity index (χ4v) is 1.86. The number of ether oxygens (including phenoxy) is 1. The number of hydrogen-bond donors (Lipinski definition) is 2. The Morgan fingerprint density at radius 1 is 1.13 bits per heavy atom. The lowest BCUT2D eigenvalue weighted by molar-refractivity contribution is 0.0600. The average Bonchev–Trinajstić information content (AvgIpc) is 2.54. The summed E-state index contributed by atoms with van der Waals surface area (Å²) in [5.41, 5.74) is 0.503. The quantitative estimate of drug-likeness (QED) is 0.851. The molecule has 2 amide bonds. The minimum atomic E-state index is -0.696. The number of anilines is 1.